The second-order valence-electron chi connectivity index (χ2n) is 5.74. The fourth-order valence-corrected chi connectivity index (χ4v) is 2.69. The summed E-state index contributed by atoms with van der Waals surface area (Å²) in [7, 11) is 1.69. The lowest BCUT2D eigenvalue weighted by Gasteiger charge is -2.21. The molecule has 0 spiro atoms. The second kappa shape index (κ2) is 8.29. The van der Waals surface area contributed by atoms with Crippen molar-refractivity contribution >= 4 is 0 Å². The Labute approximate surface area is 143 Å². The van der Waals surface area contributed by atoms with E-state index in [0.29, 0.717) is 6.61 Å². The number of methoxy groups -OCH3 is 1. The first-order valence-corrected chi connectivity index (χ1v) is 8.22. The van der Waals surface area contributed by atoms with Gasteiger partial charge >= 0.3 is 0 Å². The number of aryl methyl sites for hydroxylation is 2. The van der Waals surface area contributed by atoms with Gasteiger partial charge in [-0.15, -0.1) is 0 Å². The molecule has 1 aliphatic heterocycles. The fraction of sp³-hybridized carbons (Fsp3) is 0.300. The number of rotatable bonds is 7. The number of nitrogens with one attached hydrogen (secondary N) is 1. The summed E-state index contributed by atoms with van der Waals surface area (Å²) in [5.41, 5.74) is 2.47. The summed E-state index contributed by atoms with van der Waals surface area (Å²) in [6.45, 7) is 1.30. The third-order valence-electron chi connectivity index (χ3n) is 4.02. The maximum Gasteiger partial charge on any atom is 0.149 e. The normalized spacial score (nSPS) is 16.1. The molecule has 0 fully saturated rings. The summed E-state index contributed by atoms with van der Waals surface area (Å²) in [6, 6.07) is 16.4. The minimum absolute atomic E-state index is 0.0430. The highest BCUT2D eigenvalue weighted by atomic mass is 16.5. The predicted molar refractivity (Wildman–Crippen MR) is 94.4 cm³/mol. The first kappa shape index (κ1) is 16.2. The van der Waals surface area contributed by atoms with E-state index < -0.39 is 0 Å². The van der Waals surface area contributed by atoms with E-state index in [2.05, 4.69) is 29.6 Å². The molecular weight excluding hydrogens is 302 g/mol. The molecule has 1 atom stereocenters. The van der Waals surface area contributed by atoms with Gasteiger partial charge in [0.05, 0.1) is 19.9 Å². The van der Waals surface area contributed by atoms with E-state index in [9.17, 15) is 0 Å². The van der Waals surface area contributed by atoms with Crippen molar-refractivity contribution < 1.29 is 14.2 Å². The van der Waals surface area contributed by atoms with Crippen LogP contribution in [-0.2, 0) is 17.6 Å². The molecule has 0 bridgehead atoms. The average molecular weight is 325 g/mol. The van der Waals surface area contributed by atoms with Gasteiger partial charge in [0.15, 0.2) is 0 Å². The summed E-state index contributed by atoms with van der Waals surface area (Å²) >= 11 is 0. The molecule has 4 heteroatoms. The fourth-order valence-electron chi connectivity index (χ4n) is 2.69. The molecule has 3 rings (SSSR count). The molecule has 126 valence electrons. The quantitative estimate of drug-likeness (QED) is 0.848. The average Bonchev–Trinajstić information content (AvgIpc) is 2.66. The van der Waals surface area contributed by atoms with E-state index in [-0.39, 0.29) is 6.10 Å². The van der Waals surface area contributed by atoms with Crippen molar-refractivity contribution in [1.82, 2.24) is 5.32 Å². The van der Waals surface area contributed by atoms with Crippen molar-refractivity contribution in [2.24, 2.45) is 0 Å². The summed E-state index contributed by atoms with van der Waals surface area (Å²) in [4.78, 5) is 0. The maximum absolute atomic E-state index is 5.99. The zero-order chi connectivity index (χ0) is 16.6. The van der Waals surface area contributed by atoms with Gasteiger partial charge in [-0.05, 0) is 42.2 Å². The van der Waals surface area contributed by atoms with Crippen LogP contribution in [0, 0.1) is 0 Å². The Balaban J connectivity index is 1.59. The van der Waals surface area contributed by atoms with Gasteiger partial charge in [-0.3, -0.25) is 0 Å². The van der Waals surface area contributed by atoms with Gasteiger partial charge in [0.1, 0.15) is 24.2 Å². The topological polar surface area (TPSA) is 39.7 Å². The molecule has 24 heavy (non-hydrogen) atoms. The van der Waals surface area contributed by atoms with Crippen LogP contribution in [0.4, 0.5) is 0 Å². The van der Waals surface area contributed by atoms with Crippen molar-refractivity contribution in [3.63, 3.8) is 0 Å². The van der Waals surface area contributed by atoms with Gasteiger partial charge < -0.3 is 19.5 Å². The van der Waals surface area contributed by atoms with E-state index in [1.165, 1.54) is 11.1 Å². The van der Waals surface area contributed by atoms with Crippen molar-refractivity contribution in [2.75, 3.05) is 20.3 Å². The Kier molecular flexibility index (Phi) is 5.61. The Morgan fingerprint density at radius 3 is 2.88 bits per heavy atom. The van der Waals surface area contributed by atoms with Crippen LogP contribution in [0.5, 0.6) is 11.5 Å². The molecule has 0 saturated heterocycles. The van der Waals surface area contributed by atoms with Crippen LogP contribution in [0.25, 0.3) is 0 Å². The van der Waals surface area contributed by atoms with Gasteiger partial charge in [-0.25, -0.2) is 0 Å². The Bertz CT molecular complexity index is 684. The molecule has 2 aromatic carbocycles. The van der Waals surface area contributed by atoms with E-state index >= 15 is 0 Å². The van der Waals surface area contributed by atoms with Gasteiger partial charge in [0, 0.05) is 6.20 Å². The zero-order valence-corrected chi connectivity index (χ0v) is 13.9. The minimum Gasteiger partial charge on any atom is -0.497 e. The van der Waals surface area contributed by atoms with E-state index in [4.69, 9.17) is 14.2 Å². The lowest BCUT2D eigenvalue weighted by molar-refractivity contribution is 0.0797. The van der Waals surface area contributed by atoms with Crippen LogP contribution in [0.1, 0.15) is 11.1 Å². The summed E-state index contributed by atoms with van der Waals surface area (Å²) in [5, 5.41) is 3.15. The van der Waals surface area contributed by atoms with Gasteiger partial charge in [-0.2, -0.15) is 0 Å². The zero-order valence-electron chi connectivity index (χ0n) is 13.9. The molecule has 0 saturated carbocycles. The van der Waals surface area contributed by atoms with Crippen LogP contribution in [0.2, 0.25) is 0 Å². The van der Waals surface area contributed by atoms with Gasteiger partial charge in [0.25, 0.3) is 0 Å². The Morgan fingerprint density at radius 2 is 2.04 bits per heavy atom. The van der Waals surface area contributed by atoms with Crippen LogP contribution in [-0.4, -0.2) is 26.4 Å². The molecule has 1 heterocycles. The first-order chi connectivity index (χ1) is 11.8. The highest BCUT2D eigenvalue weighted by Crippen LogP contribution is 2.22. The third-order valence-corrected chi connectivity index (χ3v) is 4.02. The lowest BCUT2D eigenvalue weighted by atomic mass is 10.0. The third kappa shape index (κ3) is 4.44. The van der Waals surface area contributed by atoms with Crippen LogP contribution in [0.15, 0.2) is 61.0 Å². The van der Waals surface area contributed by atoms with Crippen molar-refractivity contribution in [3.05, 3.63) is 72.1 Å². The molecule has 2 aromatic rings. The van der Waals surface area contributed by atoms with Crippen molar-refractivity contribution in [3.8, 4) is 11.5 Å². The number of ether oxygens (including phenoxy) is 3. The Hall–Kier alpha value is -2.62. The van der Waals surface area contributed by atoms with Crippen LogP contribution >= 0.6 is 0 Å². The molecule has 1 unspecified atom stereocenters. The summed E-state index contributed by atoms with van der Waals surface area (Å²) < 4.78 is 16.8. The minimum atomic E-state index is 0.0430. The molecular formula is C20H23NO3. The van der Waals surface area contributed by atoms with Gasteiger partial charge in [-0.1, -0.05) is 30.3 Å². The molecule has 1 aliphatic rings. The molecule has 1 N–H and O–H groups in total. The second-order valence-corrected chi connectivity index (χ2v) is 5.74. The highest BCUT2D eigenvalue weighted by Gasteiger charge is 2.12. The number of hydrogen-bond donors (Lipinski definition) is 1. The molecule has 0 amide bonds. The van der Waals surface area contributed by atoms with Gasteiger partial charge in [0.2, 0.25) is 0 Å². The van der Waals surface area contributed by atoms with E-state index in [1.54, 1.807) is 19.6 Å². The van der Waals surface area contributed by atoms with Crippen LogP contribution in [0.3, 0.4) is 0 Å². The van der Waals surface area contributed by atoms with Crippen molar-refractivity contribution in [2.45, 2.75) is 18.9 Å². The number of benzene rings is 2. The first-order valence-electron chi connectivity index (χ1n) is 8.22. The summed E-state index contributed by atoms with van der Waals surface area (Å²) in [6.07, 6.45) is 5.39. The molecule has 0 aromatic heterocycles. The number of hydrogen-bond acceptors (Lipinski definition) is 4. The maximum atomic E-state index is 5.99. The number of para-hydroxylation sites is 1. The molecule has 0 aliphatic carbocycles. The lowest BCUT2D eigenvalue weighted by Crippen LogP contribution is -2.33. The Morgan fingerprint density at radius 1 is 1.12 bits per heavy atom. The SMILES string of the molecule is COc1cccc(CCc2ccccc2OCC2CNC=CO2)c1. The largest absolute Gasteiger partial charge is 0.497 e. The smallest absolute Gasteiger partial charge is 0.149 e. The predicted octanol–water partition coefficient (Wildman–Crippen LogP) is 3.32. The molecule has 4 nitrogen and oxygen atoms in total. The standard InChI is InChI=1S/C20H23NO3/c1-22-18-7-4-5-16(13-18)9-10-17-6-2-3-8-20(17)24-15-19-14-21-11-12-23-19/h2-8,11-13,19,21H,9-10,14-15H2,1H3. The monoisotopic (exact) mass is 325 g/mol. The molecule has 0 radical (unpaired) electrons. The summed E-state index contributed by atoms with van der Waals surface area (Å²) in [5.74, 6) is 1.82. The van der Waals surface area contributed by atoms with E-state index in [1.807, 2.05) is 24.3 Å². The van der Waals surface area contributed by atoms with Crippen LogP contribution < -0.4 is 14.8 Å². The van der Waals surface area contributed by atoms with Crippen molar-refractivity contribution in [1.29, 1.82) is 0 Å². The van der Waals surface area contributed by atoms with E-state index in [0.717, 1.165) is 30.9 Å². The highest BCUT2D eigenvalue weighted by molar-refractivity contribution is 5.35.